The Balaban J connectivity index is -0.000000123. The van der Waals surface area contributed by atoms with Gasteiger partial charge in [0.1, 0.15) is 0 Å². The van der Waals surface area contributed by atoms with Gasteiger partial charge in [-0.3, -0.25) is 14.8 Å². The van der Waals surface area contributed by atoms with Crippen molar-refractivity contribution in [1.82, 2.24) is 0 Å². The molecule has 326 valence electrons. The maximum atomic E-state index is 10.3. The van der Waals surface area contributed by atoms with Crippen molar-refractivity contribution in [1.29, 1.82) is 0 Å². The maximum absolute atomic E-state index is 10.3. The summed E-state index contributed by atoms with van der Waals surface area (Å²) in [4.78, 5) is 24.5. The first kappa shape index (κ1) is 67.7. The van der Waals surface area contributed by atoms with Crippen LogP contribution in [0.2, 0.25) is 0 Å². The van der Waals surface area contributed by atoms with E-state index in [1.807, 2.05) is 0 Å². The predicted octanol–water partition coefficient (Wildman–Crippen LogP) is 12.6. The summed E-state index contributed by atoms with van der Waals surface area (Å²) >= 11 is 0. The van der Waals surface area contributed by atoms with Crippen LogP contribution in [0, 0.1) is 0 Å². The van der Waals surface area contributed by atoms with Gasteiger partial charge in [0, 0.05) is 40.7 Å². The molecule has 0 amide bonds. The second kappa shape index (κ2) is 66.7. The fourth-order valence-corrected chi connectivity index (χ4v) is 5.11. The van der Waals surface area contributed by atoms with Gasteiger partial charge in [0.25, 0.3) is 0 Å². The summed E-state index contributed by atoms with van der Waals surface area (Å²) < 4.78 is 0. The van der Waals surface area contributed by atoms with E-state index in [1.54, 1.807) is 13.8 Å². The van der Waals surface area contributed by atoms with Crippen molar-refractivity contribution in [3.8, 4) is 0 Å². The Kier molecular flexibility index (Phi) is 83.6. The van der Waals surface area contributed by atoms with E-state index >= 15 is 0 Å². The number of hydrogen-bond donors (Lipinski definition) is 4. The van der Waals surface area contributed by atoms with Crippen LogP contribution in [0.1, 0.15) is 234 Å². The van der Waals surface area contributed by atoms with E-state index in [1.165, 1.54) is 148 Å². The van der Waals surface area contributed by atoms with Crippen molar-refractivity contribution in [3.63, 3.8) is 0 Å². The fourth-order valence-electron chi connectivity index (χ4n) is 5.11. The third kappa shape index (κ3) is 93.1. The molecule has 0 aliphatic carbocycles. The third-order valence-corrected chi connectivity index (χ3v) is 8.14. The van der Waals surface area contributed by atoms with E-state index in [-0.39, 0.29) is 38.8 Å². The first-order valence-electron chi connectivity index (χ1n) is 21.4. The van der Waals surface area contributed by atoms with Gasteiger partial charge in [-0.05, 0) is 84.5 Å². The zero-order valence-corrected chi connectivity index (χ0v) is 37.6. The summed E-state index contributed by atoms with van der Waals surface area (Å²) in [5.74, 6) is -1.33. The molecule has 10 heteroatoms. The Labute approximate surface area is 349 Å². The van der Waals surface area contributed by atoms with Gasteiger partial charge in [0.05, 0.1) is 6.61 Å². The summed E-state index contributed by atoms with van der Waals surface area (Å²) in [6.45, 7) is 10.6. The van der Waals surface area contributed by atoms with Crippen molar-refractivity contribution < 1.29 is 67.7 Å². The molecule has 0 aromatic carbocycles. The van der Waals surface area contributed by atoms with E-state index in [4.69, 9.17) is 20.6 Å². The van der Waals surface area contributed by atoms with Crippen molar-refractivity contribution in [2.45, 2.75) is 240 Å². The molecule has 0 radical (unpaired) electrons. The Bertz CT molecular complexity index is 647. The smallest absolute Gasteiger partial charge is 0.303 e. The van der Waals surface area contributed by atoms with Crippen LogP contribution < -0.4 is 0 Å². The average molecular weight is 813 g/mol. The van der Waals surface area contributed by atoms with Gasteiger partial charge in [-0.2, -0.15) is 0 Å². The van der Waals surface area contributed by atoms with Crippen LogP contribution >= 0.6 is 0 Å². The number of aliphatic hydroxyl groups excluding tert-OH is 1. The molecule has 0 rings (SSSR count). The molecule has 9 nitrogen and oxygen atoms in total. The van der Waals surface area contributed by atoms with Crippen LogP contribution in [-0.4, -0.2) is 56.2 Å². The van der Waals surface area contributed by atoms with Gasteiger partial charge >= 0.3 is 11.9 Å². The number of carboxylic acid groups (broad SMARTS) is 2. The monoisotopic (exact) mass is 813 g/mol. The first-order valence-corrected chi connectivity index (χ1v) is 21.4. The molecule has 0 aliphatic rings. The number of hydrogen-bond acceptors (Lipinski definition) is 5. The fraction of sp³-hybridized carbons (Fsp3) is 0.864. The van der Waals surface area contributed by atoms with Crippen LogP contribution in [0.25, 0.3) is 0 Å². The molecule has 0 unspecified atom stereocenters. The minimum absolute atomic E-state index is 0. The van der Waals surface area contributed by atoms with E-state index in [0.29, 0.717) is 19.4 Å². The second-order valence-corrected chi connectivity index (χ2v) is 14.1. The van der Waals surface area contributed by atoms with Gasteiger partial charge < -0.3 is 26.3 Å². The molecule has 54 heavy (non-hydrogen) atoms. The van der Waals surface area contributed by atoms with E-state index in [2.05, 4.69) is 50.0 Å². The second-order valence-electron chi connectivity index (χ2n) is 14.1. The standard InChI is InChI=1S/2C18H34O2.C5H12O2.C3H8O.2H2O.Ti/c2*1-2-3-4-5-6-7-8-9-10-11-12-13-14-15-16-17-18(19)20;1-2-3-4-5-7-6;1-3(2)4;;;/h2*9-10H,2-8,11-17H2,1H3,(H,19,20);6H,2-5H2,1H3;3-4H,1-2H3;2*1H2;/b2*10-9-;;;;;. The van der Waals surface area contributed by atoms with Crippen LogP contribution in [-0.2, 0) is 36.2 Å². The van der Waals surface area contributed by atoms with Gasteiger partial charge in [0.15, 0.2) is 0 Å². The molecule has 0 spiro atoms. The molecule has 0 aromatic rings. The summed E-state index contributed by atoms with van der Waals surface area (Å²) in [5.41, 5.74) is 0. The van der Waals surface area contributed by atoms with Crippen molar-refractivity contribution in [2.75, 3.05) is 6.61 Å². The number of unbranched alkanes of at least 4 members (excludes halogenated alkanes) is 24. The predicted molar refractivity (Wildman–Crippen MR) is 227 cm³/mol. The van der Waals surface area contributed by atoms with Crippen molar-refractivity contribution in [2.24, 2.45) is 0 Å². The van der Waals surface area contributed by atoms with Crippen LogP contribution in [0.4, 0.5) is 0 Å². The number of aliphatic hydroxyl groups is 1. The minimum Gasteiger partial charge on any atom is -0.481 e. The Morgan fingerprint density at radius 3 is 0.926 bits per heavy atom. The molecular weight excluding hydrogens is 720 g/mol. The Hall–Kier alpha value is -1.07. The molecule has 0 aromatic heterocycles. The quantitative estimate of drug-likeness (QED) is 0.0163. The first-order chi connectivity index (χ1) is 24.7. The zero-order valence-electron chi connectivity index (χ0n) is 36.0. The molecule has 0 fully saturated rings. The van der Waals surface area contributed by atoms with Crippen molar-refractivity contribution in [3.05, 3.63) is 24.3 Å². The molecule has 0 heterocycles. The SMILES string of the molecule is CC(C)O.CCCCCCCC/C=C\CCCCCCCC(=O)O.CCCCCCCC/C=C\CCCCCCCC(=O)O.CCCCCOO.O.O.[Ti]. The molecule has 0 saturated heterocycles. The van der Waals surface area contributed by atoms with Gasteiger partial charge in [-0.15, -0.1) is 0 Å². The summed E-state index contributed by atoms with van der Waals surface area (Å²) in [6, 6.07) is 0. The normalized spacial score (nSPS) is 10.2. The number of rotatable bonds is 34. The van der Waals surface area contributed by atoms with Gasteiger partial charge in [-0.25, -0.2) is 4.89 Å². The maximum Gasteiger partial charge on any atom is 0.303 e. The summed E-state index contributed by atoms with van der Waals surface area (Å²) in [6.07, 6.45) is 45.6. The number of aliphatic carboxylic acids is 2. The number of carbonyl (C=O) groups is 2. The summed E-state index contributed by atoms with van der Waals surface area (Å²) in [7, 11) is 0. The Morgan fingerprint density at radius 1 is 0.463 bits per heavy atom. The number of allylic oxidation sites excluding steroid dienone is 4. The molecular formula is C44H92O9Ti. The topological polar surface area (TPSA) is 187 Å². The van der Waals surface area contributed by atoms with Crippen LogP contribution in [0.3, 0.4) is 0 Å². The van der Waals surface area contributed by atoms with Crippen molar-refractivity contribution >= 4 is 11.9 Å². The van der Waals surface area contributed by atoms with E-state index in [0.717, 1.165) is 38.5 Å². The van der Waals surface area contributed by atoms with Gasteiger partial charge in [-0.1, -0.05) is 161 Å². The van der Waals surface area contributed by atoms with Gasteiger partial charge in [0.2, 0.25) is 0 Å². The zero-order chi connectivity index (χ0) is 38.9. The van der Waals surface area contributed by atoms with E-state index in [9.17, 15) is 9.59 Å². The molecule has 8 N–H and O–H groups in total. The molecule has 0 saturated carbocycles. The van der Waals surface area contributed by atoms with Crippen LogP contribution in [0.15, 0.2) is 24.3 Å². The Morgan fingerprint density at radius 2 is 0.685 bits per heavy atom. The minimum atomic E-state index is -0.664. The molecule has 0 aliphatic heterocycles. The molecule has 0 bridgehead atoms. The number of carboxylic acids is 2. The van der Waals surface area contributed by atoms with Crippen LogP contribution in [0.5, 0.6) is 0 Å². The largest absolute Gasteiger partial charge is 0.481 e. The third-order valence-electron chi connectivity index (χ3n) is 8.14. The summed E-state index contributed by atoms with van der Waals surface area (Å²) in [5, 5.41) is 32.9. The molecule has 0 atom stereocenters. The average Bonchev–Trinajstić information content (AvgIpc) is 3.08. The van der Waals surface area contributed by atoms with E-state index < -0.39 is 11.9 Å².